The Bertz CT molecular complexity index is 562. The smallest absolute Gasteiger partial charge is 0.263 e. The Morgan fingerprint density at radius 3 is 2.52 bits per heavy atom. The molecule has 2 amide bonds. The largest absolute Gasteiger partial charge is 0.350 e. The molecule has 2 rings (SSSR count). The van der Waals surface area contributed by atoms with Crippen molar-refractivity contribution in [3.05, 3.63) is 21.9 Å². The Balaban J connectivity index is 1.87. The molecular weight excluding hydrogens is 310 g/mol. The van der Waals surface area contributed by atoms with Crippen molar-refractivity contribution in [2.45, 2.75) is 39.7 Å². The number of carbonyl (C=O) groups is 2. The van der Waals surface area contributed by atoms with Gasteiger partial charge in [-0.05, 0) is 46.2 Å². The summed E-state index contributed by atoms with van der Waals surface area (Å²) in [6, 6.07) is 3.89. The molecular formula is C17H27N3O2S. The van der Waals surface area contributed by atoms with E-state index in [1.54, 1.807) is 11.3 Å². The zero-order valence-electron chi connectivity index (χ0n) is 14.5. The van der Waals surface area contributed by atoms with Gasteiger partial charge in [0.1, 0.15) is 0 Å². The van der Waals surface area contributed by atoms with Crippen LogP contribution in [0.15, 0.2) is 12.1 Å². The SMILES string of the molecule is Cc1ccc(C(=O)N2CCCN(CC(=O)NC(C)(C)C)CC2)s1. The second-order valence-electron chi connectivity index (χ2n) is 7.13. The van der Waals surface area contributed by atoms with Crippen LogP contribution in [0.25, 0.3) is 0 Å². The van der Waals surface area contributed by atoms with Crippen molar-refractivity contribution < 1.29 is 9.59 Å². The van der Waals surface area contributed by atoms with E-state index in [0.717, 1.165) is 35.8 Å². The van der Waals surface area contributed by atoms with Crippen molar-refractivity contribution in [1.82, 2.24) is 15.1 Å². The minimum absolute atomic E-state index is 0.0474. The van der Waals surface area contributed by atoms with Gasteiger partial charge >= 0.3 is 0 Å². The standard InChI is InChI=1S/C17H27N3O2S/c1-13-6-7-14(23-13)16(22)20-9-5-8-19(10-11-20)12-15(21)18-17(2,3)4/h6-7H,5,8-12H2,1-4H3,(H,18,21). The summed E-state index contributed by atoms with van der Waals surface area (Å²) < 4.78 is 0. The second kappa shape index (κ2) is 7.45. The highest BCUT2D eigenvalue weighted by Crippen LogP contribution is 2.18. The molecule has 0 saturated carbocycles. The highest BCUT2D eigenvalue weighted by molar-refractivity contribution is 7.13. The van der Waals surface area contributed by atoms with Crippen LogP contribution < -0.4 is 5.32 Å². The first-order valence-electron chi connectivity index (χ1n) is 8.14. The van der Waals surface area contributed by atoms with Gasteiger partial charge in [0.15, 0.2) is 0 Å². The van der Waals surface area contributed by atoms with Crippen LogP contribution in [0.5, 0.6) is 0 Å². The maximum absolute atomic E-state index is 12.5. The van der Waals surface area contributed by atoms with Gasteiger partial charge in [-0.2, -0.15) is 0 Å². The summed E-state index contributed by atoms with van der Waals surface area (Å²) in [5.41, 5.74) is -0.206. The monoisotopic (exact) mass is 337 g/mol. The molecule has 0 bridgehead atoms. The zero-order valence-corrected chi connectivity index (χ0v) is 15.3. The van der Waals surface area contributed by atoms with E-state index in [1.165, 1.54) is 0 Å². The molecule has 0 atom stereocenters. The normalized spacial score (nSPS) is 17.0. The fourth-order valence-electron chi connectivity index (χ4n) is 2.70. The quantitative estimate of drug-likeness (QED) is 0.919. The molecule has 0 radical (unpaired) electrons. The first-order valence-corrected chi connectivity index (χ1v) is 8.95. The van der Waals surface area contributed by atoms with Gasteiger partial charge in [-0.15, -0.1) is 11.3 Å². The van der Waals surface area contributed by atoms with Crippen molar-refractivity contribution in [3.63, 3.8) is 0 Å². The van der Waals surface area contributed by atoms with Crippen molar-refractivity contribution in [1.29, 1.82) is 0 Å². The van der Waals surface area contributed by atoms with E-state index in [0.29, 0.717) is 13.1 Å². The van der Waals surface area contributed by atoms with Crippen molar-refractivity contribution >= 4 is 23.2 Å². The Hall–Kier alpha value is -1.40. The Labute approximate surface area is 142 Å². The average molecular weight is 337 g/mol. The van der Waals surface area contributed by atoms with Crippen molar-refractivity contribution in [3.8, 4) is 0 Å². The van der Waals surface area contributed by atoms with Gasteiger partial charge in [0.25, 0.3) is 5.91 Å². The summed E-state index contributed by atoms with van der Waals surface area (Å²) in [6.45, 7) is 11.4. The summed E-state index contributed by atoms with van der Waals surface area (Å²) in [4.78, 5) is 30.6. The van der Waals surface area contributed by atoms with Gasteiger partial charge in [0, 0.05) is 36.6 Å². The lowest BCUT2D eigenvalue weighted by Crippen LogP contribution is -2.46. The van der Waals surface area contributed by atoms with Crippen LogP contribution in [0, 0.1) is 6.92 Å². The number of thiophene rings is 1. The Morgan fingerprint density at radius 1 is 1.17 bits per heavy atom. The van der Waals surface area contributed by atoms with E-state index >= 15 is 0 Å². The second-order valence-corrected chi connectivity index (χ2v) is 8.42. The molecule has 23 heavy (non-hydrogen) atoms. The summed E-state index contributed by atoms with van der Waals surface area (Å²) in [5, 5.41) is 2.99. The lowest BCUT2D eigenvalue weighted by molar-refractivity contribution is -0.123. The fourth-order valence-corrected chi connectivity index (χ4v) is 3.53. The summed E-state index contributed by atoms with van der Waals surface area (Å²) in [7, 11) is 0. The highest BCUT2D eigenvalue weighted by atomic mass is 32.1. The molecule has 1 aliphatic heterocycles. The van der Waals surface area contributed by atoms with Gasteiger partial charge in [-0.3, -0.25) is 14.5 Å². The molecule has 0 spiro atoms. The Kier molecular flexibility index (Phi) is 5.81. The molecule has 6 heteroatoms. The molecule has 0 unspecified atom stereocenters. The highest BCUT2D eigenvalue weighted by Gasteiger charge is 2.23. The van der Waals surface area contributed by atoms with Crippen LogP contribution in [-0.4, -0.2) is 59.9 Å². The van der Waals surface area contributed by atoms with Crippen LogP contribution in [0.1, 0.15) is 41.7 Å². The summed E-state index contributed by atoms with van der Waals surface area (Å²) in [6.07, 6.45) is 0.902. The van der Waals surface area contributed by atoms with E-state index < -0.39 is 0 Å². The van der Waals surface area contributed by atoms with Gasteiger partial charge < -0.3 is 10.2 Å². The third-order valence-corrected chi connectivity index (χ3v) is 4.70. The van der Waals surface area contributed by atoms with Gasteiger partial charge in [-0.1, -0.05) is 0 Å². The molecule has 1 saturated heterocycles. The minimum Gasteiger partial charge on any atom is -0.350 e. The molecule has 0 aromatic carbocycles. The third kappa shape index (κ3) is 5.62. The maximum atomic E-state index is 12.5. The third-order valence-electron chi connectivity index (χ3n) is 3.71. The first-order chi connectivity index (χ1) is 10.7. The molecule has 2 heterocycles. The maximum Gasteiger partial charge on any atom is 0.263 e. The van der Waals surface area contributed by atoms with Crippen LogP contribution in [-0.2, 0) is 4.79 Å². The number of carbonyl (C=O) groups excluding carboxylic acids is 2. The molecule has 1 aromatic heterocycles. The molecule has 1 aliphatic rings. The Morgan fingerprint density at radius 2 is 1.91 bits per heavy atom. The molecule has 1 N–H and O–H groups in total. The molecule has 5 nitrogen and oxygen atoms in total. The molecule has 1 fully saturated rings. The van der Waals surface area contributed by atoms with E-state index in [2.05, 4.69) is 10.2 Å². The van der Waals surface area contributed by atoms with Crippen LogP contribution in [0.3, 0.4) is 0 Å². The fraction of sp³-hybridized carbons (Fsp3) is 0.647. The number of nitrogens with one attached hydrogen (secondary N) is 1. The van der Waals surface area contributed by atoms with Gasteiger partial charge in [0.05, 0.1) is 11.4 Å². The minimum atomic E-state index is -0.206. The number of amides is 2. The van der Waals surface area contributed by atoms with Crippen molar-refractivity contribution in [2.24, 2.45) is 0 Å². The predicted molar refractivity (Wildman–Crippen MR) is 93.9 cm³/mol. The van der Waals surface area contributed by atoms with E-state index in [1.807, 2.05) is 44.7 Å². The summed E-state index contributed by atoms with van der Waals surface area (Å²) in [5.74, 6) is 0.162. The number of rotatable bonds is 3. The molecule has 0 aliphatic carbocycles. The average Bonchev–Trinajstić information content (AvgIpc) is 2.72. The molecule has 1 aromatic rings. The van der Waals surface area contributed by atoms with E-state index in [9.17, 15) is 9.59 Å². The lowest BCUT2D eigenvalue weighted by atomic mass is 10.1. The van der Waals surface area contributed by atoms with Crippen LogP contribution in [0.4, 0.5) is 0 Å². The first kappa shape index (κ1) is 17.9. The van der Waals surface area contributed by atoms with E-state index in [-0.39, 0.29) is 17.4 Å². The van der Waals surface area contributed by atoms with Crippen molar-refractivity contribution in [2.75, 3.05) is 32.7 Å². The zero-order chi connectivity index (χ0) is 17.0. The predicted octanol–water partition coefficient (Wildman–Crippen LogP) is 2.12. The summed E-state index contributed by atoms with van der Waals surface area (Å²) >= 11 is 1.55. The topological polar surface area (TPSA) is 52.7 Å². The molecule has 128 valence electrons. The number of hydrogen-bond acceptors (Lipinski definition) is 4. The van der Waals surface area contributed by atoms with E-state index in [4.69, 9.17) is 0 Å². The lowest BCUT2D eigenvalue weighted by Gasteiger charge is -2.25. The van der Waals surface area contributed by atoms with Gasteiger partial charge in [-0.25, -0.2) is 0 Å². The van der Waals surface area contributed by atoms with Crippen LogP contribution >= 0.6 is 11.3 Å². The van der Waals surface area contributed by atoms with Crippen LogP contribution in [0.2, 0.25) is 0 Å². The number of hydrogen-bond donors (Lipinski definition) is 1. The van der Waals surface area contributed by atoms with Gasteiger partial charge in [0.2, 0.25) is 5.91 Å². The number of aryl methyl sites for hydroxylation is 1. The number of nitrogens with zero attached hydrogens (tertiary/aromatic N) is 2.